The Labute approximate surface area is 84.3 Å². The summed E-state index contributed by atoms with van der Waals surface area (Å²) in [7, 11) is 0. The summed E-state index contributed by atoms with van der Waals surface area (Å²) in [4.78, 5) is 0. The van der Waals surface area contributed by atoms with Gasteiger partial charge in [-0.15, -0.1) is 0 Å². The van der Waals surface area contributed by atoms with E-state index in [1.54, 1.807) is 0 Å². The van der Waals surface area contributed by atoms with Crippen molar-refractivity contribution >= 4 is 0 Å². The van der Waals surface area contributed by atoms with Crippen LogP contribution in [0.25, 0.3) is 0 Å². The first-order chi connectivity index (χ1) is 6.26. The molecule has 0 heterocycles. The van der Waals surface area contributed by atoms with Crippen LogP contribution in [0.15, 0.2) is 0 Å². The molecular formula is C12H27N. The highest BCUT2D eigenvalue weighted by Crippen LogP contribution is 2.15. The maximum atomic E-state index is 3.60. The van der Waals surface area contributed by atoms with E-state index in [2.05, 4.69) is 33.0 Å². The molecule has 1 N–H and O–H groups in total. The highest BCUT2D eigenvalue weighted by atomic mass is 14.9. The van der Waals surface area contributed by atoms with Gasteiger partial charge in [0.15, 0.2) is 0 Å². The third-order valence-electron chi connectivity index (χ3n) is 2.77. The fourth-order valence-corrected chi connectivity index (χ4v) is 1.93. The van der Waals surface area contributed by atoms with Crippen LogP contribution in [0.5, 0.6) is 0 Å². The Morgan fingerprint density at radius 2 is 1.69 bits per heavy atom. The summed E-state index contributed by atoms with van der Waals surface area (Å²) in [6, 6.07) is 0.755. The predicted octanol–water partition coefficient (Wildman–Crippen LogP) is 3.59. The second-order valence-corrected chi connectivity index (χ2v) is 4.07. The van der Waals surface area contributed by atoms with Crippen molar-refractivity contribution < 1.29 is 0 Å². The molecule has 0 aromatic rings. The normalized spacial score (nSPS) is 15.7. The summed E-state index contributed by atoms with van der Waals surface area (Å²) >= 11 is 0. The van der Waals surface area contributed by atoms with Gasteiger partial charge in [0.1, 0.15) is 0 Å². The first-order valence-corrected chi connectivity index (χ1v) is 5.99. The Kier molecular flexibility index (Phi) is 8.53. The summed E-state index contributed by atoms with van der Waals surface area (Å²) in [5.74, 6) is 0.844. The van der Waals surface area contributed by atoms with Gasteiger partial charge in [-0.3, -0.25) is 0 Å². The molecule has 1 heteroatoms. The van der Waals surface area contributed by atoms with Crippen LogP contribution in [0.2, 0.25) is 0 Å². The number of unbranched alkanes of at least 4 members (excludes halogenated alkanes) is 1. The molecule has 0 aromatic heterocycles. The average molecular weight is 185 g/mol. The lowest BCUT2D eigenvalue weighted by Crippen LogP contribution is -2.34. The van der Waals surface area contributed by atoms with E-state index in [-0.39, 0.29) is 0 Å². The third-order valence-corrected chi connectivity index (χ3v) is 2.77. The van der Waals surface area contributed by atoms with Gasteiger partial charge < -0.3 is 5.32 Å². The fourth-order valence-electron chi connectivity index (χ4n) is 1.93. The van der Waals surface area contributed by atoms with Gasteiger partial charge in [0.05, 0.1) is 0 Å². The molecule has 1 unspecified atom stereocenters. The molecule has 0 aromatic carbocycles. The van der Waals surface area contributed by atoms with E-state index < -0.39 is 0 Å². The second kappa shape index (κ2) is 8.55. The predicted molar refractivity (Wildman–Crippen MR) is 61.1 cm³/mol. The number of rotatable bonds is 8. The van der Waals surface area contributed by atoms with E-state index in [0.29, 0.717) is 0 Å². The van der Waals surface area contributed by atoms with Crippen LogP contribution in [0.3, 0.4) is 0 Å². The molecule has 0 fully saturated rings. The molecule has 0 aliphatic heterocycles. The molecule has 0 spiro atoms. The van der Waals surface area contributed by atoms with E-state index >= 15 is 0 Å². The lowest BCUT2D eigenvalue weighted by Gasteiger charge is -2.24. The highest BCUT2D eigenvalue weighted by molar-refractivity contribution is 4.72. The highest BCUT2D eigenvalue weighted by Gasteiger charge is 2.14. The molecule has 0 aliphatic carbocycles. The zero-order valence-corrected chi connectivity index (χ0v) is 9.90. The summed E-state index contributed by atoms with van der Waals surface area (Å²) in [6.07, 6.45) is 6.72. The molecular weight excluding hydrogens is 158 g/mol. The van der Waals surface area contributed by atoms with Crippen molar-refractivity contribution in [1.29, 1.82) is 0 Å². The van der Waals surface area contributed by atoms with Gasteiger partial charge in [-0.2, -0.15) is 0 Å². The maximum absolute atomic E-state index is 3.60. The Morgan fingerprint density at radius 3 is 2.15 bits per heavy atom. The first kappa shape index (κ1) is 13.0. The van der Waals surface area contributed by atoms with Crippen LogP contribution in [-0.4, -0.2) is 12.6 Å². The molecule has 0 saturated heterocycles. The lowest BCUT2D eigenvalue weighted by atomic mass is 9.93. The molecule has 0 bridgehead atoms. The number of hydrogen-bond acceptors (Lipinski definition) is 1. The van der Waals surface area contributed by atoms with Crippen LogP contribution in [0.1, 0.15) is 59.8 Å². The van der Waals surface area contributed by atoms with Gasteiger partial charge >= 0.3 is 0 Å². The van der Waals surface area contributed by atoms with Crippen LogP contribution < -0.4 is 5.32 Å². The van der Waals surface area contributed by atoms with Gasteiger partial charge in [0, 0.05) is 6.04 Å². The molecule has 0 aliphatic rings. The monoisotopic (exact) mass is 185 g/mol. The topological polar surface area (TPSA) is 12.0 Å². The van der Waals surface area contributed by atoms with Gasteiger partial charge in [0.25, 0.3) is 0 Å². The molecule has 0 saturated carbocycles. The molecule has 13 heavy (non-hydrogen) atoms. The minimum atomic E-state index is 0.755. The van der Waals surface area contributed by atoms with Crippen molar-refractivity contribution in [2.75, 3.05) is 6.54 Å². The van der Waals surface area contributed by atoms with E-state index in [1.165, 1.54) is 32.1 Å². The molecule has 0 amide bonds. The molecule has 0 radical (unpaired) electrons. The SMILES string of the molecule is CCCCC(NCC)[C@H](C)CCC. The minimum Gasteiger partial charge on any atom is -0.314 e. The first-order valence-electron chi connectivity index (χ1n) is 5.99. The summed E-state index contributed by atoms with van der Waals surface area (Å²) in [5, 5.41) is 3.60. The minimum absolute atomic E-state index is 0.755. The van der Waals surface area contributed by atoms with E-state index in [9.17, 15) is 0 Å². The number of nitrogens with one attached hydrogen (secondary N) is 1. The van der Waals surface area contributed by atoms with Crippen LogP contribution >= 0.6 is 0 Å². The van der Waals surface area contributed by atoms with Crippen LogP contribution in [0, 0.1) is 5.92 Å². The maximum Gasteiger partial charge on any atom is 0.00925 e. The standard InChI is InChI=1S/C12H27N/c1-5-8-10-12(13-7-3)11(4)9-6-2/h11-13H,5-10H2,1-4H3/t11-,12?/m1/s1. The largest absolute Gasteiger partial charge is 0.314 e. The van der Waals surface area contributed by atoms with Gasteiger partial charge in [-0.1, -0.05) is 47.0 Å². The molecule has 2 atom stereocenters. The number of hydrogen-bond donors (Lipinski definition) is 1. The Morgan fingerprint density at radius 1 is 1.00 bits per heavy atom. The quantitative estimate of drug-likeness (QED) is 0.609. The van der Waals surface area contributed by atoms with Gasteiger partial charge in [-0.25, -0.2) is 0 Å². The van der Waals surface area contributed by atoms with Crippen molar-refractivity contribution in [2.45, 2.75) is 65.8 Å². The van der Waals surface area contributed by atoms with Gasteiger partial charge in [0.2, 0.25) is 0 Å². The van der Waals surface area contributed by atoms with E-state index in [4.69, 9.17) is 0 Å². The zero-order valence-electron chi connectivity index (χ0n) is 9.90. The van der Waals surface area contributed by atoms with Crippen LogP contribution in [-0.2, 0) is 0 Å². The fraction of sp³-hybridized carbons (Fsp3) is 1.00. The summed E-state index contributed by atoms with van der Waals surface area (Å²) in [6.45, 7) is 10.2. The third kappa shape index (κ3) is 6.09. The second-order valence-electron chi connectivity index (χ2n) is 4.07. The molecule has 0 rings (SSSR count). The summed E-state index contributed by atoms with van der Waals surface area (Å²) in [5.41, 5.74) is 0. The Hall–Kier alpha value is -0.0400. The van der Waals surface area contributed by atoms with Crippen molar-refractivity contribution in [1.82, 2.24) is 5.32 Å². The molecule has 1 nitrogen and oxygen atoms in total. The van der Waals surface area contributed by atoms with Crippen LogP contribution in [0.4, 0.5) is 0 Å². The lowest BCUT2D eigenvalue weighted by molar-refractivity contribution is 0.335. The van der Waals surface area contributed by atoms with Crippen molar-refractivity contribution in [2.24, 2.45) is 5.92 Å². The van der Waals surface area contributed by atoms with Crippen molar-refractivity contribution in [3.05, 3.63) is 0 Å². The Balaban J connectivity index is 3.75. The average Bonchev–Trinajstić information content (AvgIpc) is 2.12. The smallest absolute Gasteiger partial charge is 0.00925 e. The Bertz CT molecular complexity index is 101. The van der Waals surface area contributed by atoms with E-state index in [0.717, 1.165) is 18.5 Å². The summed E-state index contributed by atoms with van der Waals surface area (Å²) < 4.78 is 0. The van der Waals surface area contributed by atoms with Crippen molar-refractivity contribution in [3.8, 4) is 0 Å². The van der Waals surface area contributed by atoms with E-state index in [1.807, 2.05) is 0 Å². The molecule has 80 valence electrons. The van der Waals surface area contributed by atoms with Crippen molar-refractivity contribution in [3.63, 3.8) is 0 Å². The van der Waals surface area contributed by atoms with Gasteiger partial charge in [-0.05, 0) is 25.3 Å². The zero-order chi connectivity index (χ0) is 10.1.